The normalized spacial score (nSPS) is 13.2. The van der Waals surface area contributed by atoms with Crippen molar-refractivity contribution in [3.8, 4) is 0 Å². The molecule has 0 aliphatic heterocycles. The Hall–Kier alpha value is -2.39. The van der Waals surface area contributed by atoms with Gasteiger partial charge in [0.1, 0.15) is 12.6 Å². The third kappa shape index (κ3) is 7.34. The van der Waals surface area contributed by atoms with Crippen molar-refractivity contribution in [2.75, 3.05) is 17.1 Å². The molecule has 2 aromatic rings. The van der Waals surface area contributed by atoms with E-state index in [1.54, 1.807) is 37.3 Å². The van der Waals surface area contributed by atoms with E-state index in [0.717, 1.165) is 27.0 Å². The van der Waals surface area contributed by atoms with Gasteiger partial charge in [-0.1, -0.05) is 53.2 Å². The fraction of sp³-hybridized carbons (Fsp3) is 0.391. The molecule has 2 aromatic carbocycles. The van der Waals surface area contributed by atoms with Crippen LogP contribution in [0.5, 0.6) is 0 Å². The smallest absolute Gasteiger partial charge is 0.244 e. The number of hydrogen-bond acceptors (Lipinski definition) is 4. The maximum atomic E-state index is 13.4. The highest BCUT2D eigenvalue weighted by Crippen LogP contribution is 2.19. The molecule has 2 amide bonds. The number of rotatable bonds is 10. The second-order valence-electron chi connectivity index (χ2n) is 7.75. The molecule has 7 nitrogen and oxygen atoms in total. The predicted molar refractivity (Wildman–Crippen MR) is 131 cm³/mol. The lowest BCUT2D eigenvalue weighted by atomic mass is 10.1. The van der Waals surface area contributed by atoms with Crippen LogP contribution in [0.4, 0.5) is 5.69 Å². The van der Waals surface area contributed by atoms with Crippen molar-refractivity contribution < 1.29 is 18.0 Å². The number of sulfonamides is 1. The van der Waals surface area contributed by atoms with Crippen molar-refractivity contribution in [3.05, 3.63) is 64.6 Å². The molecular weight excluding hydrogens is 494 g/mol. The maximum absolute atomic E-state index is 13.4. The van der Waals surface area contributed by atoms with Gasteiger partial charge in [-0.05, 0) is 50.1 Å². The van der Waals surface area contributed by atoms with Gasteiger partial charge in [0.05, 0.1) is 11.9 Å². The van der Waals surface area contributed by atoms with Crippen LogP contribution in [0.25, 0.3) is 0 Å². The lowest BCUT2D eigenvalue weighted by molar-refractivity contribution is -0.139. The molecule has 0 aliphatic carbocycles. The lowest BCUT2D eigenvalue weighted by Crippen LogP contribution is -2.52. The maximum Gasteiger partial charge on any atom is 0.244 e. The standard InChI is InChI=1S/C23H30BrN3O4S/c1-5-17(2)25-23(29)18(3)26(15-19-10-9-11-20(24)14-19)22(28)16-27(32(4,30)31)21-12-7-6-8-13-21/h6-14,17-18H,5,15-16H2,1-4H3,(H,25,29)/t17-,18+/m1/s1. The minimum absolute atomic E-state index is 0.0374. The Bertz CT molecular complexity index is 1030. The number of hydrogen-bond donors (Lipinski definition) is 1. The van der Waals surface area contributed by atoms with E-state index in [9.17, 15) is 18.0 Å². The van der Waals surface area contributed by atoms with E-state index in [4.69, 9.17) is 0 Å². The van der Waals surface area contributed by atoms with Crippen LogP contribution in [0.15, 0.2) is 59.1 Å². The first-order valence-electron chi connectivity index (χ1n) is 10.4. The Balaban J connectivity index is 2.36. The number of para-hydroxylation sites is 1. The first-order chi connectivity index (χ1) is 15.0. The van der Waals surface area contributed by atoms with Crippen LogP contribution in [-0.4, -0.2) is 50.0 Å². The van der Waals surface area contributed by atoms with Gasteiger partial charge in [-0.2, -0.15) is 0 Å². The van der Waals surface area contributed by atoms with E-state index in [-0.39, 0.29) is 18.5 Å². The van der Waals surface area contributed by atoms with Gasteiger partial charge in [-0.25, -0.2) is 8.42 Å². The first kappa shape index (κ1) is 25.9. The fourth-order valence-corrected chi connectivity index (χ4v) is 4.38. The molecule has 0 heterocycles. The average molecular weight is 524 g/mol. The molecule has 2 rings (SSSR count). The topological polar surface area (TPSA) is 86.8 Å². The summed E-state index contributed by atoms with van der Waals surface area (Å²) in [5.74, 6) is -0.751. The minimum atomic E-state index is -3.72. The van der Waals surface area contributed by atoms with Crippen molar-refractivity contribution in [2.24, 2.45) is 0 Å². The number of carbonyl (C=O) groups is 2. The first-order valence-corrected chi connectivity index (χ1v) is 13.0. The summed E-state index contributed by atoms with van der Waals surface area (Å²) in [4.78, 5) is 27.6. The quantitative estimate of drug-likeness (QED) is 0.515. The Kier molecular flexibility index (Phi) is 9.27. The Morgan fingerprint density at radius 3 is 2.28 bits per heavy atom. The SMILES string of the molecule is CC[C@@H](C)NC(=O)[C@H](C)N(Cc1cccc(Br)c1)C(=O)CN(c1ccccc1)S(C)(=O)=O. The van der Waals surface area contributed by atoms with Gasteiger partial charge in [-0.3, -0.25) is 13.9 Å². The van der Waals surface area contributed by atoms with Gasteiger partial charge < -0.3 is 10.2 Å². The summed E-state index contributed by atoms with van der Waals surface area (Å²) in [6, 6.07) is 15.1. The molecule has 0 fully saturated rings. The van der Waals surface area contributed by atoms with Crippen LogP contribution in [0.2, 0.25) is 0 Å². The number of amides is 2. The second kappa shape index (κ2) is 11.5. The highest BCUT2D eigenvalue weighted by Gasteiger charge is 2.30. The third-order valence-electron chi connectivity index (χ3n) is 5.13. The van der Waals surface area contributed by atoms with Crippen LogP contribution < -0.4 is 9.62 Å². The molecule has 0 aliphatic rings. The summed E-state index contributed by atoms with van der Waals surface area (Å²) in [6.07, 6.45) is 1.82. The van der Waals surface area contributed by atoms with Gasteiger partial charge >= 0.3 is 0 Å². The molecule has 0 aromatic heterocycles. The summed E-state index contributed by atoms with van der Waals surface area (Å²) in [5, 5.41) is 2.90. The van der Waals surface area contributed by atoms with Crippen molar-refractivity contribution in [3.63, 3.8) is 0 Å². The molecule has 1 N–H and O–H groups in total. The summed E-state index contributed by atoms with van der Waals surface area (Å²) in [5.41, 5.74) is 1.21. The van der Waals surface area contributed by atoms with E-state index < -0.39 is 28.5 Å². The van der Waals surface area contributed by atoms with Crippen molar-refractivity contribution >= 4 is 43.5 Å². The molecule has 9 heteroatoms. The van der Waals surface area contributed by atoms with Crippen molar-refractivity contribution in [2.45, 2.75) is 45.8 Å². The summed E-state index contributed by atoms with van der Waals surface area (Å²) in [7, 11) is -3.72. The number of benzene rings is 2. The van der Waals surface area contributed by atoms with E-state index in [0.29, 0.717) is 5.69 Å². The summed E-state index contributed by atoms with van der Waals surface area (Å²) < 4.78 is 26.8. The number of nitrogens with zero attached hydrogens (tertiary/aromatic N) is 2. The van der Waals surface area contributed by atoms with Crippen molar-refractivity contribution in [1.29, 1.82) is 0 Å². The zero-order valence-corrected chi connectivity index (χ0v) is 21.2. The Morgan fingerprint density at radius 2 is 1.72 bits per heavy atom. The zero-order chi connectivity index (χ0) is 23.9. The second-order valence-corrected chi connectivity index (χ2v) is 10.6. The van der Waals surface area contributed by atoms with E-state index in [1.807, 2.05) is 38.1 Å². The number of halogens is 1. The molecule has 0 saturated heterocycles. The van der Waals surface area contributed by atoms with Crippen LogP contribution in [0, 0.1) is 0 Å². The van der Waals surface area contributed by atoms with Crippen LogP contribution in [0.3, 0.4) is 0 Å². The van der Waals surface area contributed by atoms with Crippen LogP contribution >= 0.6 is 15.9 Å². The molecule has 2 atom stereocenters. The van der Waals surface area contributed by atoms with Gasteiger partial charge in [0, 0.05) is 17.1 Å². The summed E-state index contributed by atoms with van der Waals surface area (Å²) in [6.45, 7) is 5.27. The van der Waals surface area contributed by atoms with Crippen LogP contribution in [0.1, 0.15) is 32.8 Å². The monoisotopic (exact) mass is 523 g/mol. The molecule has 0 spiro atoms. The van der Waals surface area contributed by atoms with E-state index >= 15 is 0 Å². The van der Waals surface area contributed by atoms with Crippen molar-refractivity contribution in [1.82, 2.24) is 10.2 Å². The number of anilines is 1. The third-order valence-corrected chi connectivity index (χ3v) is 6.77. The highest BCUT2D eigenvalue weighted by molar-refractivity contribution is 9.10. The molecule has 0 unspecified atom stereocenters. The molecule has 0 saturated carbocycles. The number of nitrogens with one attached hydrogen (secondary N) is 1. The van der Waals surface area contributed by atoms with E-state index in [1.165, 1.54) is 4.90 Å². The largest absolute Gasteiger partial charge is 0.352 e. The van der Waals surface area contributed by atoms with Gasteiger partial charge in [0.25, 0.3) is 0 Å². The number of carbonyl (C=O) groups excluding carboxylic acids is 2. The fourth-order valence-electron chi connectivity index (χ4n) is 3.09. The van der Waals surface area contributed by atoms with Gasteiger partial charge in [0.2, 0.25) is 21.8 Å². The lowest BCUT2D eigenvalue weighted by Gasteiger charge is -2.32. The Labute approximate surface area is 199 Å². The predicted octanol–water partition coefficient (Wildman–Crippen LogP) is 3.55. The highest BCUT2D eigenvalue weighted by atomic mass is 79.9. The van der Waals surface area contributed by atoms with Gasteiger partial charge in [0.15, 0.2) is 0 Å². The molecule has 174 valence electrons. The summed E-state index contributed by atoms with van der Waals surface area (Å²) >= 11 is 3.42. The molecular formula is C23H30BrN3O4S. The molecule has 0 radical (unpaired) electrons. The minimum Gasteiger partial charge on any atom is -0.352 e. The Morgan fingerprint density at radius 1 is 1.06 bits per heavy atom. The molecule has 32 heavy (non-hydrogen) atoms. The average Bonchev–Trinajstić information content (AvgIpc) is 2.74. The van der Waals surface area contributed by atoms with Crippen LogP contribution in [-0.2, 0) is 26.2 Å². The molecule has 0 bridgehead atoms. The van der Waals surface area contributed by atoms with E-state index in [2.05, 4.69) is 21.2 Å². The van der Waals surface area contributed by atoms with Gasteiger partial charge in [-0.15, -0.1) is 0 Å². The zero-order valence-electron chi connectivity index (χ0n) is 18.8.